The van der Waals surface area contributed by atoms with Crippen molar-refractivity contribution in [1.82, 2.24) is 4.90 Å². The van der Waals surface area contributed by atoms with Gasteiger partial charge in [0, 0.05) is 22.5 Å². The van der Waals surface area contributed by atoms with Gasteiger partial charge in [-0.05, 0) is 29.8 Å². The zero-order valence-electron chi connectivity index (χ0n) is 11.3. The lowest BCUT2D eigenvalue weighted by atomic mass is 10.0. The maximum Gasteiger partial charge on any atom is 0.256 e. The summed E-state index contributed by atoms with van der Waals surface area (Å²) in [5.41, 5.74) is 3.04. The summed E-state index contributed by atoms with van der Waals surface area (Å²) in [6, 6.07) is 7.11. The van der Waals surface area contributed by atoms with Crippen LogP contribution in [0.3, 0.4) is 0 Å². The first-order chi connectivity index (χ1) is 10.1. The Morgan fingerprint density at radius 1 is 1.10 bits per heavy atom. The monoisotopic (exact) mass is 281 g/mol. The molecule has 0 aliphatic carbocycles. The van der Waals surface area contributed by atoms with E-state index in [0.717, 1.165) is 11.1 Å². The third-order valence-corrected chi connectivity index (χ3v) is 3.16. The Morgan fingerprint density at radius 3 is 2.29 bits per heavy atom. The topological polar surface area (TPSA) is 3.24 Å². The molecule has 0 saturated carbocycles. The summed E-state index contributed by atoms with van der Waals surface area (Å²) < 4.78 is 25.6. The lowest BCUT2D eigenvalue weighted by Gasteiger charge is -2.31. The van der Waals surface area contributed by atoms with Gasteiger partial charge in [-0.2, -0.15) is 0 Å². The minimum atomic E-state index is -2.49. The maximum absolute atomic E-state index is 12.8. The highest BCUT2D eigenvalue weighted by atomic mass is 19.3. The van der Waals surface area contributed by atoms with Gasteiger partial charge in [0.25, 0.3) is 6.43 Å². The third-order valence-electron chi connectivity index (χ3n) is 3.16. The van der Waals surface area contributed by atoms with Gasteiger partial charge in [0.2, 0.25) is 0 Å². The normalized spacial score (nSPS) is 14.3. The first-order valence-corrected chi connectivity index (χ1v) is 6.27. The minimum Gasteiger partial charge on any atom is -0.335 e. The Balaban J connectivity index is 2.44. The first kappa shape index (κ1) is 14.6. The lowest BCUT2D eigenvalue weighted by Crippen LogP contribution is -2.29. The van der Waals surface area contributed by atoms with Crippen LogP contribution in [0.4, 0.5) is 8.78 Å². The molecule has 3 heteroatoms. The van der Waals surface area contributed by atoms with Gasteiger partial charge in [0.15, 0.2) is 0 Å². The van der Waals surface area contributed by atoms with E-state index < -0.39 is 13.0 Å². The van der Waals surface area contributed by atoms with Gasteiger partial charge in [0.05, 0.1) is 6.54 Å². The summed E-state index contributed by atoms with van der Waals surface area (Å²) in [7, 11) is 0. The fourth-order valence-corrected chi connectivity index (χ4v) is 2.11. The molecule has 2 rings (SSSR count). The van der Waals surface area contributed by atoms with Crippen molar-refractivity contribution in [1.29, 1.82) is 0 Å². The van der Waals surface area contributed by atoms with Gasteiger partial charge in [-0.3, -0.25) is 0 Å². The zero-order valence-corrected chi connectivity index (χ0v) is 11.3. The molecule has 104 valence electrons. The predicted molar refractivity (Wildman–Crippen MR) is 81.1 cm³/mol. The van der Waals surface area contributed by atoms with E-state index in [2.05, 4.69) is 18.4 Å². The molecule has 0 bridgehead atoms. The average molecular weight is 281 g/mol. The number of allylic oxidation sites excluding steroid dienone is 3. The molecular formula is C18H13F2N. The molecule has 0 spiro atoms. The van der Waals surface area contributed by atoms with Gasteiger partial charge in [-0.1, -0.05) is 30.6 Å². The predicted octanol–water partition coefficient (Wildman–Crippen LogP) is 3.66. The first-order valence-electron chi connectivity index (χ1n) is 6.27. The quantitative estimate of drug-likeness (QED) is 0.764. The van der Waals surface area contributed by atoms with Crippen molar-refractivity contribution in [3.63, 3.8) is 0 Å². The molecule has 0 N–H and O–H groups in total. The fourth-order valence-electron chi connectivity index (χ4n) is 2.11. The van der Waals surface area contributed by atoms with Crippen molar-refractivity contribution in [3.8, 4) is 24.7 Å². The molecule has 1 aromatic carbocycles. The van der Waals surface area contributed by atoms with E-state index in [4.69, 9.17) is 12.8 Å². The minimum absolute atomic E-state index is 0.399. The summed E-state index contributed by atoms with van der Waals surface area (Å²) in [6.45, 7) is 3.36. The SMILES string of the molecule is C#CC1=CC=C(c2ccc(C#C)cc2)N(CC(F)F)C1=C. The van der Waals surface area contributed by atoms with Crippen molar-refractivity contribution >= 4 is 5.70 Å². The number of alkyl halides is 2. The van der Waals surface area contributed by atoms with Crippen molar-refractivity contribution in [2.75, 3.05) is 6.54 Å². The molecule has 0 atom stereocenters. The van der Waals surface area contributed by atoms with E-state index >= 15 is 0 Å². The molecule has 0 amide bonds. The number of benzene rings is 1. The van der Waals surface area contributed by atoms with Crippen LogP contribution in [-0.4, -0.2) is 17.9 Å². The average Bonchev–Trinajstić information content (AvgIpc) is 2.49. The second-order valence-electron chi connectivity index (χ2n) is 4.45. The Morgan fingerprint density at radius 2 is 1.76 bits per heavy atom. The van der Waals surface area contributed by atoms with Crippen LogP contribution in [0.15, 0.2) is 54.3 Å². The van der Waals surface area contributed by atoms with Crippen LogP contribution in [0, 0.1) is 24.7 Å². The van der Waals surface area contributed by atoms with Crippen LogP contribution in [0.25, 0.3) is 5.70 Å². The number of nitrogens with zero attached hydrogens (tertiary/aromatic N) is 1. The van der Waals surface area contributed by atoms with Crippen LogP contribution in [0.5, 0.6) is 0 Å². The van der Waals surface area contributed by atoms with Gasteiger partial charge in [-0.25, -0.2) is 8.78 Å². The molecule has 1 heterocycles. The molecule has 0 radical (unpaired) electrons. The standard InChI is InChI=1S/C18H13F2N/c1-4-14-6-8-16(9-7-14)17-11-10-15(5-2)13(3)21(17)12-18(19)20/h1-2,6-11,18H,3,12H2. The summed E-state index contributed by atoms with van der Waals surface area (Å²) in [6.07, 6.45) is 11.6. The molecule has 1 aliphatic rings. The molecule has 21 heavy (non-hydrogen) atoms. The van der Waals surface area contributed by atoms with E-state index in [0.29, 0.717) is 17.0 Å². The third kappa shape index (κ3) is 3.04. The number of terminal acetylenes is 2. The van der Waals surface area contributed by atoms with Gasteiger partial charge < -0.3 is 4.90 Å². The smallest absolute Gasteiger partial charge is 0.256 e. The summed E-state index contributed by atoms with van der Waals surface area (Å²) >= 11 is 0. The van der Waals surface area contributed by atoms with Crippen LogP contribution in [0.2, 0.25) is 0 Å². The Labute approximate surface area is 123 Å². The number of hydrogen-bond acceptors (Lipinski definition) is 1. The van der Waals surface area contributed by atoms with Crippen LogP contribution in [0.1, 0.15) is 11.1 Å². The molecule has 0 unspecified atom stereocenters. The van der Waals surface area contributed by atoms with E-state index in [-0.39, 0.29) is 0 Å². The highest BCUT2D eigenvalue weighted by Crippen LogP contribution is 2.31. The van der Waals surface area contributed by atoms with Crippen molar-refractivity contribution in [3.05, 3.63) is 65.4 Å². The highest BCUT2D eigenvalue weighted by molar-refractivity contribution is 5.72. The number of hydrogen-bond donors (Lipinski definition) is 0. The van der Waals surface area contributed by atoms with Crippen molar-refractivity contribution < 1.29 is 8.78 Å². The van der Waals surface area contributed by atoms with Crippen LogP contribution < -0.4 is 0 Å². The van der Waals surface area contributed by atoms with E-state index in [1.807, 2.05) is 0 Å². The Kier molecular flexibility index (Phi) is 4.26. The molecule has 0 aromatic heterocycles. The van der Waals surface area contributed by atoms with E-state index in [9.17, 15) is 8.78 Å². The highest BCUT2D eigenvalue weighted by Gasteiger charge is 2.23. The zero-order chi connectivity index (χ0) is 15.4. The van der Waals surface area contributed by atoms with E-state index in [1.165, 1.54) is 4.90 Å². The van der Waals surface area contributed by atoms with Crippen LogP contribution >= 0.6 is 0 Å². The molecular weight excluding hydrogens is 268 g/mol. The Hall–Kier alpha value is -2.78. The Bertz CT molecular complexity index is 694. The summed E-state index contributed by atoms with van der Waals surface area (Å²) in [4.78, 5) is 1.44. The second kappa shape index (κ2) is 6.11. The van der Waals surface area contributed by atoms with E-state index in [1.54, 1.807) is 36.4 Å². The van der Waals surface area contributed by atoms with Crippen LogP contribution in [-0.2, 0) is 0 Å². The molecule has 0 saturated heterocycles. The summed E-state index contributed by atoms with van der Waals surface area (Å²) in [5, 5.41) is 0. The lowest BCUT2D eigenvalue weighted by molar-refractivity contribution is 0.123. The molecule has 1 aliphatic heterocycles. The molecule has 1 aromatic rings. The number of halogens is 2. The molecule has 1 nitrogen and oxygen atoms in total. The maximum atomic E-state index is 12.8. The fraction of sp³-hybridized carbons (Fsp3) is 0.111. The molecule has 0 fully saturated rings. The van der Waals surface area contributed by atoms with Gasteiger partial charge in [0.1, 0.15) is 0 Å². The second-order valence-corrected chi connectivity index (χ2v) is 4.45. The number of rotatable bonds is 3. The summed E-state index contributed by atoms with van der Waals surface area (Å²) in [5.74, 6) is 4.97. The van der Waals surface area contributed by atoms with Gasteiger partial charge >= 0.3 is 0 Å². The van der Waals surface area contributed by atoms with Crippen molar-refractivity contribution in [2.45, 2.75) is 6.43 Å². The van der Waals surface area contributed by atoms with Crippen molar-refractivity contribution in [2.24, 2.45) is 0 Å². The largest absolute Gasteiger partial charge is 0.335 e. The van der Waals surface area contributed by atoms with Gasteiger partial charge in [-0.15, -0.1) is 12.8 Å².